The molecule has 1 aromatic carbocycles. The highest BCUT2D eigenvalue weighted by molar-refractivity contribution is 14.0. The molecule has 1 aliphatic rings. The summed E-state index contributed by atoms with van der Waals surface area (Å²) >= 11 is 1.87. The summed E-state index contributed by atoms with van der Waals surface area (Å²) in [4.78, 5) is 8.38. The third kappa shape index (κ3) is 4.69. The molecule has 0 radical (unpaired) electrons. The summed E-state index contributed by atoms with van der Waals surface area (Å²) in [5.41, 5.74) is 8.35. The second-order valence-electron chi connectivity index (χ2n) is 5.15. The first kappa shape index (κ1) is 17.2. The molecule has 22 heavy (non-hydrogen) atoms. The SMILES string of the molecule is I.NC(=NCCN1CCc2sccc2C1)Nc1ccccc1. The fourth-order valence-electron chi connectivity index (χ4n) is 2.52. The van der Waals surface area contributed by atoms with Gasteiger partial charge >= 0.3 is 0 Å². The van der Waals surface area contributed by atoms with Gasteiger partial charge in [0.1, 0.15) is 0 Å². The Bertz CT molecular complexity index is 612. The van der Waals surface area contributed by atoms with E-state index >= 15 is 0 Å². The quantitative estimate of drug-likeness (QED) is 0.447. The number of thiophene rings is 1. The molecule has 0 amide bonds. The first-order valence-corrected chi connectivity index (χ1v) is 8.09. The van der Waals surface area contributed by atoms with E-state index in [-0.39, 0.29) is 24.0 Å². The van der Waals surface area contributed by atoms with Crippen molar-refractivity contribution in [3.63, 3.8) is 0 Å². The van der Waals surface area contributed by atoms with Crippen LogP contribution in [-0.4, -0.2) is 30.5 Å². The smallest absolute Gasteiger partial charge is 0.193 e. The number of nitrogens with one attached hydrogen (secondary N) is 1. The van der Waals surface area contributed by atoms with Gasteiger partial charge in [0.15, 0.2) is 5.96 Å². The van der Waals surface area contributed by atoms with Crippen molar-refractivity contribution in [2.45, 2.75) is 13.0 Å². The largest absolute Gasteiger partial charge is 0.370 e. The van der Waals surface area contributed by atoms with E-state index in [1.807, 2.05) is 41.7 Å². The molecule has 3 rings (SSSR count). The summed E-state index contributed by atoms with van der Waals surface area (Å²) in [5, 5.41) is 5.29. The van der Waals surface area contributed by atoms with Crippen LogP contribution in [0.2, 0.25) is 0 Å². The number of halogens is 1. The van der Waals surface area contributed by atoms with Crippen molar-refractivity contribution in [1.82, 2.24) is 4.90 Å². The van der Waals surface area contributed by atoms with E-state index in [4.69, 9.17) is 5.73 Å². The second kappa shape index (κ2) is 8.50. The highest BCUT2D eigenvalue weighted by Crippen LogP contribution is 2.23. The summed E-state index contributed by atoms with van der Waals surface area (Å²) < 4.78 is 0. The molecule has 118 valence electrons. The minimum atomic E-state index is 0. The number of fused-ring (bicyclic) bond motifs is 1. The van der Waals surface area contributed by atoms with E-state index in [2.05, 4.69) is 26.7 Å². The van der Waals surface area contributed by atoms with Crippen LogP contribution in [-0.2, 0) is 13.0 Å². The number of nitrogens with zero attached hydrogens (tertiary/aromatic N) is 2. The van der Waals surface area contributed by atoms with Crippen LogP contribution in [0, 0.1) is 0 Å². The number of guanidine groups is 1. The number of anilines is 1. The molecule has 0 fully saturated rings. The molecule has 0 aliphatic carbocycles. The lowest BCUT2D eigenvalue weighted by atomic mass is 10.1. The van der Waals surface area contributed by atoms with Gasteiger partial charge in [0, 0.05) is 30.2 Å². The summed E-state index contributed by atoms with van der Waals surface area (Å²) in [6.07, 6.45) is 1.16. The molecule has 0 atom stereocenters. The Kier molecular flexibility index (Phi) is 6.66. The molecule has 3 N–H and O–H groups in total. The van der Waals surface area contributed by atoms with E-state index in [9.17, 15) is 0 Å². The minimum absolute atomic E-state index is 0. The molecule has 0 saturated carbocycles. The lowest BCUT2D eigenvalue weighted by molar-refractivity contribution is 0.264. The van der Waals surface area contributed by atoms with Crippen molar-refractivity contribution >= 4 is 47.0 Å². The van der Waals surface area contributed by atoms with Crippen LogP contribution >= 0.6 is 35.3 Å². The third-order valence-electron chi connectivity index (χ3n) is 3.63. The fraction of sp³-hybridized carbons (Fsp3) is 0.312. The van der Waals surface area contributed by atoms with Crippen LogP contribution in [0.4, 0.5) is 5.69 Å². The zero-order chi connectivity index (χ0) is 14.5. The Hall–Kier alpha value is -1.12. The van der Waals surface area contributed by atoms with Gasteiger partial charge in [0.25, 0.3) is 0 Å². The zero-order valence-corrected chi connectivity index (χ0v) is 15.5. The van der Waals surface area contributed by atoms with Gasteiger partial charge in [-0.15, -0.1) is 35.3 Å². The number of aliphatic imine (C=N–C) groups is 1. The van der Waals surface area contributed by atoms with E-state index < -0.39 is 0 Å². The average Bonchev–Trinajstić information content (AvgIpc) is 2.96. The Morgan fingerprint density at radius 3 is 2.91 bits per heavy atom. The lowest BCUT2D eigenvalue weighted by Crippen LogP contribution is -2.32. The highest BCUT2D eigenvalue weighted by Gasteiger charge is 2.16. The monoisotopic (exact) mass is 428 g/mol. The standard InChI is InChI=1S/C16H20N4S.HI/c17-16(19-14-4-2-1-3-5-14)18-8-10-20-9-6-15-13(12-20)7-11-21-15;/h1-5,7,11H,6,8-10,12H2,(H3,17,18,19);1H. The van der Waals surface area contributed by atoms with E-state index in [1.54, 1.807) is 4.88 Å². The number of rotatable bonds is 4. The Labute approximate surface area is 152 Å². The zero-order valence-electron chi connectivity index (χ0n) is 12.4. The van der Waals surface area contributed by atoms with Gasteiger partial charge < -0.3 is 11.1 Å². The van der Waals surface area contributed by atoms with Gasteiger partial charge in [-0.1, -0.05) is 18.2 Å². The van der Waals surface area contributed by atoms with Crippen molar-refractivity contribution in [3.8, 4) is 0 Å². The number of para-hydroxylation sites is 1. The van der Waals surface area contributed by atoms with Gasteiger partial charge in [-0.3, -0.25) is 9.89 Å². The van der Waals surface area contributed by atoms with E-state index in [1.165, 1.54) is 5.56 Å². The topological polar surface area (TPSA) is 53.6 Å². The van der Waals surface area contributed by atoms with Crippen molar-refractivity contribution < 1.29 is 0 Å². The Morgan fingerprint density at radius 2 is 2.09 bits per heavy atom. The molecule has 1 aromatic heterocycles. The lowest BCUT2D eigenvalue weighted by Gasteiger charge is -2.26. The predicted molar refractivity (Wildman–Crippen MR) is 105 cm³/mol. The maximum Gasteiger partial charge on any atom is 0.193 e. The van der Waals surface area contributed by atoms with Crippen molar-refractivity contribution in [2.75, 3.05) is 25.0 Å². The van der Waals surface area contributed by atoms with Gasteiger partial charge in [-0.05, 0) is 35.6 Å². The van der Waals surface area contributed by atoms with Crippen LogP contribution < -0.4 is 11.1 Å². The third-order valence-corrected chi connectivity index (χ3v) is 4.65. The van der Waals surface area contributed by atoms with Crippen LogP contribution in [0.1, 0.15) is 10.4 Å². The predicted octanol–water partition coefficient (Wildman–Crippen LogP) is 3.15. The molecule has 0 saturated heterocycles. The van der Waals surface area contributed by atoms with Gasteiger partial charge in [0.05, 0.1) is 6.54 Å². The molecule has 4 nitrogen and oxygen atoms in total. The summed E-state index contributed by atoms with van der Waals surface area (Å²) in [6.45, 7) is 3.84. The maximum atomic E-state index is 5.90. The molecule has 0 bridgehead atoms. The molecular weight excluding hydrogens is 407 g/mol. The first-order valence-electron chi connectivity index (χ1n) is 7.21. The van der Waals surface area contributed by atoms with Gasteiger partial charge in [-0.2, -0.15) is 0 Å². The molecule has 2 aromatic rings. The Balaban J connectivity index is 0.00000176. The molecule has 0 unspecified atom stereocenters. The number of benzene rings is 1. The van der Waals surface area contributed by atoms with E-state index in [0.29, 0.717) is 5.96 Å². The molecule has 0 spiro atoms. The van der Waals surface area contributed by atoms with Crippen molar-refractivity contribution in [1.29, 1.82) is 0 Å². The van der Waals surface area contributed by atoms with Crippen molar-refractivity contribution in [3.05, 3.63) is 52.2 Å². The summed E-state index contributed by atoms with van der Waals surface area (Å²) in [5.74, 6) is 0.481. The highest BCUT2D eigenvalue weighted by atomic mass is 127. The average molecular weight is 428 g/mol. The van der Waals surface area contributed by atoms with E-state index in [0.717, 1.165) is 38.3 Å². The first-order chi connectivity index (χ1) is 10.3. The minimum Gasteiger partial charge on any atom is -0.370 e. The van der Waals surface area contributed by atoms with Crippen LogP contribution in [0.15, 0.2) is 46.8 Å². The van der Waals surface area contributed by atoms with Gasteiger partial charge in [-0.25, -0.2) is 0 Å². The second-order valence-corrected chi connectivity index (χ2v) is 6.15. The molecule has 2 heterocycles. The number of nitrogens with two attached hydrogens (primary N) is 1. The Morgan fingerprint density at radius 1 is 1.27 bits per heavy atom. The fourth-order valence-corrected chi connectivity index (χ4v) is 3.41. The maximum absolute atomic E-state index is 5.90. The summed E-state index contributed by atoms with van der Waals surface area (Å²) in [6, 6.07) is 12.1. The van der Waals surface area contributed by atoms with Crippen LogP contribution in [0.25, 0.3) is 0 Å². The molecule has 6 heteroatoms. The summed E-state index contributed by atoms with van der Waals surface area (Å²) in [7, 11) is 0. The van der Waals surface area contributed by atoms with Crippen LogP contribution in [0.3, 0.4) is 0 Å². The van der Waals surface area contributed by atoms with Crippen molar-refractivity contribution in [2.24, 2.45) is 10.7 Å². The number of hydrogen-bond acceptors (Lipinski definition) is 3. The number of hydrogen-bond donors (Lipinski definition) is 2. The normalized spacial score (nSPS) is 15.0. The molecule has 1 aliphatic heterocycles. The van der Waals surface area contributed by atoms with Gasteiger partial charge in [0.2, 0.25) is 0 Å². The van der Waals surface area contributed by atoms with Crippen LogP contribution in [0.5, 0.6) is 0 Å². The molecular formula is C16H21IN4S.